The lowest BCUT2D eigenvalue weighted by Crippen LogP contribution is -2.47. The van der Waals surface area contributed by atoms with Crippen LogP contribution in [0.5, 0.6) is 0 Å². The van der Waals surface area contributed by atoms with Crippen LogP contribution in [0.15, 0.2) is 0 Å². The van der Waals surface area contributed by atoms with Crippen LogP contribution in [0.25, 0.3) is 0 Å². The van der Waals surface area contributed by atoms with E-state index in [4.69, 9.17) is 9.78 Å². The van der Waals surface area contributed by atoms with Crippen molar-refractivity contribution in [3.8, 4) is 0 Å². The Bertz CT molecular complexity index is 262. The monoisotopic (exact) mass is 260 g/mol. The van der Waals surface area contributed by atoms with E-state index in [-0.39, 0.29) is 22.2 Å². The van der Waals surface area contributed by atoms with E-state index in [2.05, 4.69) is 27.7 Å². The van der Waals surface area contributed by atoms with Gasteiger partial charge in [-0.2, -0.15) is 0 Å². The molecule has 1 fully saturated rings. The second-order valence-corrected chi connectivity index (χ2v) is 7.15. The molecule has 1 heterocycles. The van der Waals surface area contributed by atoms with Gasteiger partial charge in [-0.15, -0.1) is 0 Å². The average Bonchev–Trinajstić information content (AvgIpc) is 2.20. The summed E-state index contributed by atoms with van der Waals surface area (Å²) in [5.41, 5.74) is -0.218. The normalized spacial score (nSPS) is 30.3. The summed E-state index contributed by atoms with van der Waals surface area (Å²) in [7, 11) is 0. The number of hydrogen-bond donors (Lipinski definition) is 0. The molecule has 2 atom stereocenters. The highest BCUT2D eigenvalue weighted by Crippen LogP contribution is 2.41. The van der Waals surface area contributed by atoms with Crippen molar-refractivity contribution in [3.05, 3.63) is 0 Å². The van der Waals surface area contributed by atoms with Crippen molar-refractivity contribution in [1.82, 2.24) is 0 Å². The number of rotatable bonds is 3. The molecule has 0 bridgehead atoms. The minimum Gasteiger partial charge on any atom is -0.287 e. The zero-order valence-corrected chi connectivity index (χ0v) is 12.4. The molecule has 1 rings (SSSR count). The first kappa shape index (κ1) is 15.0. The maximum atomic E-state index is 11.5. The number of thioether (sulfide) groups is 1. The lowest BCUT2D eigenvalue weighted by Gasteiger charge is -2.44. The summed E-state index contributed by atoms with van der Waals surface area (Å²) in [6, 6.07) is 0. The first-order valence-corrected chi connectivity index (χ1v) is 7.27. The Morgan fingerprint density at radius 2 is 2.12 bits per heavy atom. The highest BCUT2D eigenvalue weighted by atomic mass is 32.2. The summed E-state index contributed by atoms with van der Waals surface area (Å²) in [6.07, 6.45) is 2.21. The molecule has 0 saturated carbocycles. The molecule has 1 aliphatic rings. The quantitative estimate of drug-likeness (QED) is 0.727. The van der Waals surface area contributed by atoms with Gasteiger partial charge in [-0.1, -0.05) is 39.5 Å². The van der Waals surface area contributed by atoms with Gasteiger partial charge in [-0.25, -0.2) is 9.78 Å². The van der Waals surface area contributed by atoms with Crippen LogP contribution in [0, 0.1) is 5.41 Å². The summed E-state index contributed by atoms with van der Waals surface area (Å²) in [4.78, 5) is 22.5. The molecule has 1 aliphatic heterocycles. The Balaban J connectivity index is 2.43. The largest absolute Gasteiger partial charge is 0.287 e. The molecule has 0 aromatic heterocycles. The average molecular weight is 260 g/mol. The topological polar surface area (TPSA) is 35.5 Å². The smallest absolute Gasteiger partial charge is 0.191 e. The molecule has 0 aromatic rings. The second kappa shape index (κ2) is 5.72. The highest BCUT2D eigenvalue weighted by molar-refractivity contribution is 8.13. The third-order valence-electron chi connectivity index (χ3n) is 3.60. The molecular weight excluding hydrogens is 236 g/mol. The van der Waals surface area contributed by atoms with E-state index >= 15 is 0 Å². The Hall–Kier alpha value is -0.0600. The lowest BCUT2D eigenvalue weighted by molar-refractivity contribution is -0.422. The van der Waals surface area contributed by atoms with Crippen LogP contribution >= 0.6 is 11.8 Å². The van der Waals surface area contributed by atoms with Crippen LogP contribution in [-0.4, -0.2) is 22.6 Å². The van der Waals surface area contributed by atoms with Gasteiger partial charge in [0.25, 0.3) is 0 Å². The first-order valence-electron chi connectivity index (χ1n) is 6.28. The highest BCUT2D eigenvalue weighted by Gasteiger charge is 2.43. The first-order chi connectivity index (χ1) is 7.78. The van der Waals surface area contributed by atoms with Crippen molar-refractivity contribution in [2.24, 2.45) is 5.41 Å². The van der Waals surface area contributed by atoms with Gasteiger partial charge in [-0.05, 0) is 30.9 Å². The van der Waals surface area contributed by atoms with Crippen LogP contribution in [0.1, 0.15) is 53.9 Å². The predicted octanol–water partition coefficient (Wildman–Crippen LogP) is 3.57. The molecule has 100 valence electrons. The molecular formula is C13H24O3S. The van der Waals surface area contributed by atoms with Crippen LogP contribution < -0.4 is 0 Å². The summed E-state index contributed by atoms with van der Waals surface area (Å²) in [5.74, 6) is 0.826. The van der Waals surface area contributed by atoms with Gasteiger partial charge in [-0.3, -0.25) is 4.79 Å². The zero-order chi connectivity index (χ0) is 13.1. The Morgan fingerprint density at radius 1 is 1.47 bits per heavy atom. The molecule has 0 aliphatic carbocycles. The molecule has 0 radical (unpaired) electrons. The van der Waals surface area contributed by atoms with Crippen LogP contribution in [-0.2, 0) is 14.6 Å². The fraction of sp³-hybridized carbons (Fsp3) is 0.923. The molecule has 0 N–H and O–H groups in total. The summed E-state index contributed by atoms with van der Waals surface area (Å²) in [5, 5.41) is 0.195. The van der Waals surface area contributed by atoms with E-state index < -0.39 is 0 Å². The van der Waals surface area contributed by atoms with Crippen molar-refractivity contribution in [2.75, 3.05) is 5.75 Å². The SMILES string of the molecule is CCSC(=O)CC1CCC(C)(C(C)(C)C)OO1. The van der Waals surface area contributed by atoms with Crippen molar-refractivity contribution < 1.29 is 14.6 Å². The van der Waals surface area contributed by atoms with Crippen molar-refractivity contribution in [1.29, 1.82) is 0 Å². The van der Waals surface area contributed by atoms with Crippen LogP contribution in [0.4, 0.5) is 0 Å². The molecule has 3 nitrogen and oxygen atoms in total. The summed E-state index contributed by atoms with van der Waals surface area (Å²) < 4.78 is 0. The molecule has 0 aromatic carbocycles. The summed E-state index contributed by atoms with van der Waals surface area (Å²) in [6.45, 7) is 10.5. The van der Waals surface area contributed by atoms with E-state index in [9.17, 15) is 4.79 Å². The Morgan fingerprint density at radius 3 is 2.53 bits per heavy atom. The van der Waals surface area contributed by atoms with Gasteiger partial charge in [0.05, 0.1) is 0 Å². The van der Waals surface area contributed by atoms with Crippen LogP contribution in [0.3, 0.4) is 0 Å². The van der Waals surface area contributed by atoms with Crippen molar-refractivity contribution in [3.63, 3.8) is 0 Å². The van der Waals surface area contributed by atoms with Gasteiger partial charge < -0.3 is 0 Å². The van der Waals surface area contributed by atoms with E-state index in [0.29, 0.717) is 6.42 Å². The van der Waals surface area contributed by atoms with Gasteiger partial charge in [0.15, 0.2) is 5.12 Å². The molecule has 0 amide bonds. The van der Waals surface area contributed by atoms with Crippen molar-refractivity contribution in [2.45, 2.75) is 65.6 Å². The third-order valence-corrected chi connectivity index (χ3v) is 4.37. The fourth-order valence-corrected chi connectivity index (χ4v) is 2.37. The van der Waals surface area contributed by atoms with Crippen LogP contribution in [0.2, 0.25) is 0 Å². The number of hydrogen-bond acceptors (Lipinski definition) is 4. The van der Waals surface area contributed by atoms with Crippen molar-refractivity contribution >= 4 is 16.9 Å². The fourth-order valence-electron chi connectivity index (χ4n) is 1.74. The van der Waals surface area contributed by atoms with Gasteiger partial charge >= 0.3 is 0 Å². The predicted molar refractivity (Wildman–Crippen MR) is 70.8 cm³/mol. The summed E-state index contributed by atoms with van der Waals surface area (Å²) >= 11 is 1.36. The van der Waals surface area contributed by atoms with Gasteiger partial charge in [0, 0.05) is 6.42 Å². The minimum atomic E-state index is -0.259. The lowest BCUT2D eigenvalue weighted by atomic mass is 9.74. The Labute approximate surface area is 109 Å². The maximum Gasteiger partial charge on any atom is 0.191 e. The van der Waals surface area contributed by atoms with E-state index in [1.54, 1.807) is 0 Å². The number of carbonyl (C=O) groups is 1. The molecule has 17 heavy (non-hydrogen) atoms. The van der Waals surface area contributed by atoms with Gasteiger partial charge in [0.1, 0.15) is 11.7 Å². The molecule has 4 heteroatoms. The minimum absolute atomic E-state index is 0.0418. The second-order valence-electron chi connectivity index (χ2n) is 5.83. The molecule has 2 unspecified atom stereocenters. The zero-order valence-electron chi connectivity index (χ0n) is 11.5. The third kappa shape index (κ3) is 3.97. The Kier molecular flexibility index (Phi) is 5.05. The number of carbonyl (C=O) groups excluding carboxylic acids is 1. The van der Waals surface area contributed by atoms with E-state index in [1.165, 1.54) is 11.8 Å². The standard InChI is InChI=1S/C13H24O3S/c1-6-17-11(14)9-10-7-8-13(5,16-15-10)12(2,3)4/h10H,6-9H2,1-5H3. The maximum absolute atomic E-state index is 11.5. The van der Waals surface area contributed by atoms with Gasteiger partial charge in [0.2, 0.25) is 0 Å². The molecule has 0 spiro atoms. The molecule has 1 saturated heterocycles. The van der Waals surface area contributed by atoms with E-state index in [0.717, 1.165) is 18.6 Å². The van der Waals surface area contributed by atoms with E-state index in [1.807, 2.05) is 6.92 Å².